The molecule has 2 aromatic rings. The third-order valence-electron chi connectivity index (χ3n) is 3.85. The predicted molar refractivity (Wildman–Crippen MR) is 86.8 cm³/mol. The van der Waals surface area contributed by atoms with E-state index >= 15 is 0 Å². The van der Waals surface area contributed by atoms with Gasteiger partial charge >= 0.3 is 0 Å². The van der Waals surface area contributed by atoms with Crippen molar-refractivity contribution in [3.05, 3.63) is 36.4 Å². The number of aromatic nitrogens is 1. The van der Waals surface area contributed by atoms with Gasteiger partial charge in [-0.15, -0.1) is 0 Å². The second-order valence-electron chi connectivity index (χ2n) is 5.60. The van der Waals surface area contributed by atoms with E-state index in [-0.39, 0.29) is 5.91 Å². The van der Waals surface area contributed by atoms with Crippen molar-refractivity contribution in [3.8, 4) is 0 Å². The average Bonchev–Trinajstić information content (AvgIpc) is 3.04. The Bertz CT molecular complexity index is 639. The van der Waals surface area contributed by atoms with Gasteiger partial charge in [0.05, 0.1) is 5.52 Å². The Morgan fingerprint density at radius 3 is 3.00 bits per heavy atom. The Hall–Kier alpha value is -2.14. The molecule has 0 saturated carbocycles. The summed E-state index contributed by atoms with van der Waals surface area (Å²) in [6, 6.07) is 12.0. The van der Waals surface area contributed by atoms with Crippen molar-refractivity contribution in [2.45, 2.75) is 12.8 Å². The molecule has 5 heteroatoms. The first-order chi connectivity index (χ1) is 10.8. The van der Waals surface area contributed by atoms with Gasteiger partial charge in [0.1, 0.15) is 5.82 Å². The summed E-state index contributed by atoms with van der Waals surface area (Å²) in [6.45, 7) is 2.76. The van der Waals surface area contributed by atoms with Crippen LogP contribution in [-0.2, 0) is 9.53 Å². The first kappa shape index (κ1) is 14.8. The van der Waals surface area contributed by atoms with E-state index in [4.69, 9.17) is 4.74 Å². The summed E-state index contributed by atoms with van der Waals surface area (Å²) in [4.78, 5) is 16.3. The van der Waals surface area contributed by atoms with Crippen molar-refractivity contribution in [2.24, 2.45) is 5.92 Å². The summed E-state index contributed by atoms with van der Waals surface area (Å²) in [5.74, 6) is 1.32. The highest BCUT2D eigenvalue weighted by atomic mass is 16.5. The third-order valence-corrected chi connectivity index (χ3v) is 3.85. The molecule has 1 aromatic heterocycles. The van der Waals surface area contributed by atoms with E-state index in [1.807, 2.05) is 36.4 Å². The maximum absolute atomic E-state index is 11.8. The highest BCUT2D eigenvalue weighted by Gasteiger charge is 2.18. The fourth-order valence-electron chi connectivity index (χ4n) is 2.64. The summed E-state index contributed by atoms with van der Waals surface area (Å²) in [5, 5.41) is 7.29. The first-order valence-corrected chi connectivity index (χ1v) is 7.75. The molecule has 0 bridgehead atoms. The Morgan fingerprint density at radius 2 is 2.14 bits per heavy atom. The second kappa shape index (κ2) is 7.22. The molecule has 1 unspecified atom stereocenters. The number of hydrogen-bond donors (Lipinski definition) is 2. The number of pyridine rings is 1. The number of hydrogen-bond acceptors (Lipinski definition) is 4. The Balaban J connectivity index is 1.41. The second-order valence-corrected chi connectivity index (χ2v) is 5.60. The molecule has 0 aliphatic carbocycles. The molecule has 1 aromatic carbocycles. The van der Waals surface area contributed by atoms with Crippen molar-refractivity contribution in [3.63, 3.8) is 0 Å². The molecule has 1 atom stereocenters. The van der Waals surface area contributed by atoms with Gasteiger partial charge in [-0.2, -0.15) is 0 Å². The molecule has 1 aliphatic heterocycles. The number of carbonyl (C=O) groups is 1. The van der Waals surface area contributed by atoms with Crippen LogP contribution in [0, 0.1) is 5.92 Å². The van der Waals surface area contributed by atoms with Gasteiger partial charge in [-0.05, 0) is 30.5 Å². The Labute approximate surface area is 130 Å². The highest BCUT2D eigenvalue weighted by Crippen LogP contribution is 2.16. The minimum Gasteiger partial charge on any atom is -0.381 e. The van der Waals surface area contributed by atoms with Crippen LogP contribution in [0.3, 0.4) is 0 Å². The van der Waals surface area contributed by atoms with Crippen LogP contribution in [0.25, 0.3) is 10.9 Å². The highest BCUT2D eigenvalue weighted by molar-refractivity contribution is 5.80. The van der Waals surface area contributed by atoms with Crippen LogP contribution in [0.5, 0.6) is 0 Å². The molecule has 0 spiro atoms. The number of rotatable bonds is 6. The van der Waals surface area contributed by atoms with Crippen molar-refractivity contribution < 1.29 is 9.53 Å². The number of carbonyl (C=O) groups excluding carboxylic acids is 1. The normalized spacial score (nSPS) is 17.5. The Morgan fingerprint density at radius 1 is 1.23 bits per heavy atom. The number of nitrogens with zero attached hydrogens (tertiary/aromatic N) is 1. The van der Waals surface area contributed by atoms with Crippen LogP contribution >= 0.6 is 0 Å². The van der Waals surface area contributed by atoms with Gasteiger partial charge in [-0.1, -0.05) is 18.2 Å². The van der Waals surface area contributed by atoms with Crippen LogP contribution in [0.1, 0.15) is 12.8 Å². The maximum Gasteiger partial charge on any atom is 0.220 e. The van der Waals surface area contributed by atoms with Gasteiger partial charge in [0.25, 0.3) is 0 Å². The van der Waals surface area contributed by atoms with Crippen LogP contribution in [0.4, 0.5) is 5.82 Å². The minimum atomic E-state index is 0.101. The zero-order chi connectivity index (χ0) is 15.2. The van der Waals surface area contributed by atoms with Crippen molar-refractivity contribution in [1.82, 2.24) is 10.3 Å². The van der Waals surface area contributed by atoms with Crippen molar-refractivity contribution in [1.29, 1.82) is 0 Å². The quantitative estimate of drug-likeness (QED) is 0.803. The molecule has 2 heterocycles. The van der Waals surface area contributed by atoms with Crippen LogP contribution in [0.2, 0.25) is 0 Å². The fourth-order valence-corrected chi connectivity index (χ4v) is 2.64. The topological polar surface area (TPSA) is 63.2 Å². The number of benzene rings is 1. The van der Waals surface area contributed by atoms with E-state index in [1.54, 1.807) is 0 Å². The zero-order valence-electron chi connectivity index (χ0n) is 12.5. The molecule has 22 heavy (non-hydrogen) atoms. The molecule has 0 radical (unpaired) electrons. The summed E-state index contributed by atoms with van der Waals surface area (Å²) < 4.78 is 5.28. The van der Waals surface area contributed by atoms with Gasteiger partial charge in [0, 0.05) is 38.1 Å². The van der Waals surface area contributed by atoms with Crippen LogP contribution < -0.4 is 10.6 Å². The lowest BCUT2D eigenvalue weighted by molar-refractivity contribution is -0.121. The van der Waals surface area contributed by atoms with Crippen molar-refractivity contribution in [2.75, 3.05) is 31.6 Å². The molecular weight excluding hydrogens is 278 g/mol. The molecule has 3 rings (SSSR count). The predicted octanol–water partition coefficient (Wildman–Crippen LogP) is 2.19. The van der Waals surface area contributed by atoms with Gasteiger partial charge in [0.2, 0.25) is 5.91 Å². The molecule has 1 fully saturated rings. The summed E-state index contributed by atoms with van der Waals surface area (Å²) in [7, 11) is 0. The van der Waals surface area contributed by atoms with Gasteiger partial charge in [-0.3, -0.25) is 4.79 Å². The molecule has 1 saturated heterocycles. The average molecular weight is 299 g/mol. The van der Waals surface area contributed by atoms with E-state index in [2.05, 4.69) is 15.6 Å². The van der Waals surface area contributed by atoms with Crippen LogP contribution in [0.15, 0.2) is 36.4 Å². The van der Waals surface area contributed by atoms with Gasteiger partial charge < -0.3 is 15.4 Å². The zero-order valence-corrected chi connectivity index (χ0v) is 12.5. The molecule has 5 nitrogen and oxygen atoms in total. The van der Waals surface area contributed by atoms with Gasteiger partial charge in [-0.25, -0.2) is 4.98 Å². The summed E-state index contributed by atoms with van der Waals surface area (Å²) in [6.07, 6.45) is 1.56. The molecule has 116 valence electrons. The molecular formula is C17H21N3O2. The molecule has 1 amide bonds. The standard InChI is InChI=1S/C17H21N3O2/c21-17(11-13-7-10-22-12-13)19-9-8-18-16-6-5-14-3-1-2-4-15(14)20-16/h1-6,13H,7-12H2,(H,18,20)(H,19,21). The molecule has 1 aliphatic rings. The summed E-state index contributed by atoms with van der Waals surface area (Å²) in [5.41, 5.74) is 0.970. The lowest BCUT2D eigenvalue weighted by Crippen LogP contribution is -2.30. The minimum absolute atomic E-state index is 0.101. The maximum atomic E-state index is 11.8. The Kier molecular flexibility index (Phi) is 4.85. The number of nitrogens with one attached hydrogen (secondary N) is 2. The SMILES string of the molecule is O=C(CC1CCOC1)NCCNc1ccc2ccccc2n1. The third kappa shape index (κ3) is 3.95. The fraction of sp³-hybridized carbons (Fsp3) is 0.412. The van der Waals surface area contributed by atoms with E-state index in [0.717, 1.165) is 29.7 Å². The van der Waals surface area contributed by atoms with Crippen LogP contribution in [-0.4, -0.2) is 37.2 Å². The largest absolute Gasteiger partial charge is 0.381 e. The summed E-state index contributed by atoms with van der Waals surface area (Å²) >= 11 is 0. The number of anilines is 1. The molecule has 2 N–H and O–H groups in total. The lowest BCUT2D eigenvalue weighted by Gasteiger charge is -2.10. The van der Waals surface area contributed by atoms with Crippen molar-refractivity contribution >= 4 is 22.6 Å². The first-order valence-electron chi connectivity index (χ1n) is 7.75. The number of para-hydroxylation sites is 1. The monoisotopic (exact) mass is 299 g/mol. The van der Waals surface area contributed by atoms with E-state index in [9.17, 15) is 4.79 Å². The van der Waals surface area contributed by atoms with Gasteiger partial charge in [0.15, 0.2) is 0 Å². The number of ether oxygens (including phenoxy) is 1. The van der Waals surface area contributed by atoms with E-state index < -0.39 is 0 Å². The smallest absolute Gasteiger partial charge is 0.220 e. The lowest BCUT2D eigenvalue weighted by atomic mass is 10.1. The van der Waals surface area contributed by atoms with E-state index in [1.165, 1.54) is 0 Å². The number of fused-ring (bicyclic) bond motifs is 1. The van der Waals surface area contributed by atoms with E-state index in [0.29, 0.717) is 32.0 Å². The number of amides is 1.